The van der Waals surface area contributed by atoms with Crippen molar-refractivity contribution >= 4 is 11.7 Å². The van der Waals surface area contributed by atoms with Gasteiger partial charge in [0, 0.05) is 20.1 Å². The Morgan fingerprint density at radius 2 is 1.86 bits per heavy atom. The third-order valence-corrected chi connectivity index (χ3v) is 3.31. The number of nitrogens with zero attached hydrogens (tertiary/aromatic N) is 3. The summed E-state index contributed by atoms with van der Waals surface area (Å²) in [6, 6.07) is 9.56. The Labute approximate surface area is 125 Å². The molecule has 1 unspecified atom stereocenters. The lowest BCUT2D eigenvalue weighted by molar-refractivity contribution is -0.132. The molecule has 0 aliphatic heterocycles. The summed E-state index contributed by atoms with van der Waals surface area (Å²) in [6.45, 7) is 1.35. The van der Waals surface area contributed by atoms with Gasteiger partial charge < -0.3 is 20.7 Å². The quantitative estimate of drug-likeness (QED) is 0.334. The molecule has 0 aliphatic rings. The zero-order valence-electron chi connectivity index (χ0n) is 12.9. The van der Waals surface area contributed by atoms with Gasteiger partial charge in [0.1, 0.15) is 5.92 Å². The van der Waals surface area contributed by atoms with Crippen LogP contribution in [0.1, 0.15) is 5.56 Å². The lowest BCUT2D eigenvalue weighted by atomic mass is 9.97. The van der Waals surface area contributed by atoms with Gasteiger partial charge in [-0.1, -0.05) is 35.5 Å². The monoisotopic (exact) mass is 292 g/mol. The highest BCUT2D eigenvalue weighted by atomic mass is 16.4. The highest BCUT2D eigenvalue weighted by Gasteiger charge is 2.26. The van der Waals surface area contributed by atoms with Gasteiger partial charge in [0.15, 0.2) is 5.84 Å². The Bertz CT molecular complexity index is 474. The first-order valence-corrected chi connectivity index (χ1v) is 6.86. The smallest absolute Gasteiger partial charge is 0.233 e. The van der Waals surface area contributed by atoms with Crippen LogP contribution in [0.2, 0.25) is 0 Å². The number of carbonyl (C=O) groups excluding carboxylic acids is 1. The number of rotatable bonds is 7. The molecule has 6 heteroatoms. The van der Waals surface area contributed by atoms with Gasteiger partial charge in [0.05, 0.1) is 0 Å². The van der Waals surface area contributed by atoms with Gasteiger partial charge in [0.2, 0.25) is 5.91 Å². The molecule has 1 amide bonds. The fraction of sp³-hybridized carbons (Fsp3) is 0.467. The molecule has 0 spiro atoms. The van der Waals surface area contributed by atoms with Crippen LogP contribution in [-0.2, 0) is 11.2 Å². The van der Waals surface area contributed by atoms with Crippen molar-refractivity contribution in [2.24, 2.45) is 16.8 Å². The van der Waals surface area contributed by atoms with Crippen LogP contribution in [0.15, 0.2) is 35.5 Å². The lowest BCUT2D eigenvalue weighted by Crippen LogP contribution is -2.43. The maximum absolute atomic E-state index is 12.5. The number of hydrogen-bond acceptors (Lipinski definition) is 4. The first-order valence-electron chi connectivity index (χ1n) is 6.86. The Kier molecular flexibility index (Phi) is 6.68. The molecular weight excluding hydrogens is 268 g/mol. The molecule has 0 bridgehead atoms. The van der Waals surface area contributed by atoms with Gasteiger partial charge in [0.25, 0.3) is 0 Å². The van der Waals surface area contributed by atoms with Crippen LogP contribution in [0, 0.1) is 5.92 Å². The van der Waals surface area contributed by atoms with Crippen molar-refractivity contribution < 1.29 is 10.0 Å². The molecule has 3 N–H and O–H groups in total. The summed E-state index contributed by atoms with van der Waals surface area (Å²) in [5.74, 6) is -0.846. The zero-order valence-corrected chi connectivity index (χ0v) is 12.9. The van der Waals surface area contributed by atoms with Crippen LogP contribution < -0.4 is 5.73 Å². The second kappa shape index (κ2) is 8.26. The van der Waals surface area contributed by atoms with Crippen molar-refractivity contribution in [3.63, 3.8) is 0 Å². The number of hydrogen-bond donors (Lipinski definition) is 2. The molecule has 0 aliphatic carbocycles. The van der Waals surface area contributed by atoms with Gasteiger partial charge >= 0.3 is 0 Å². The first kappa shape index (κ1) is 17.0. The van der Waals surface area contributed by atoms with Gasteiger partial charge in [-0.05, 0) is 26.1 Å². The van der Waals surface area contributed by atoms with E-state index in [0.29, 0.717) is 13.0 Å². The van der Waals surface area contributed by atoms with Crippen molar-refractivity contribution in [2.45, 2.75) is 6.42 Å². The number of amides is 1. The number of nitrogens with two attached hydrogens (primary N) is 1. The van der Waals surface area contributed by atoms with Crippen LogP contribution in [-0.4, -0.2) is 61.0 Å². The molecule has 21 heavy (non-hydrogen) atoms. The number of amidine groups is 1. The molecule has 0 heterocycles. The Balaban J connectivity index is 2.80. The van der Waals surface area contributed by atoms with E-state index in [-0.39, 0.29) is 11.7 Å². The molecule has 0 aromatic heterocycles. The molecule has 0 radical (unpaired) electrons. The van der Waals surface area contributed by atoms with E-state index < -0.39 is 5.92 Å². The van der Waals surface area contributed by atoms with Gasteiger partial charge in [-0.25, -0.2) is 0 Å². The van der Waals surface area contributed by atoms with Crippen LogP contribution >= 0.6 is 0 Å². The minimum absolute atomic E-state index is 0.0550. The summed E-state index contributed by atoms with van der Waals surface area (Å²) in [4.78, 5) is 16.1. The Morgan fingerprint density at radius 1 is 1.24 bits per heavy atom. The minimum atomic E-state index is -0.649. The van der Waals surface area contributed by atoms with Crippen molar-refractivity contribution in [1.29, 1.82) is 0 Å². The molecule has 1 atom stereocenters. The average molecular weight is 292 g/mol. The normalized spacial score (nSPS) is 13.2. The summed E-state index contributed by atoms with van der Waals surface area (Å²) < 4.78 is 0. The molecule has 116 valence electrons. The van der Waals surface area contributed by atoms with Gasteiger partial charge in [-0.3, -0.25) is 4.79 Å². The Morgan fingerprint density at radius 3 is 2.38 bits per heavy atom. The van der Waals surface area contributed by atoms with Crippen molar-refractivity contribution in [3.8, 4) is 0 Å². The minimum Gasteiger partial charge on any atom is -0.409 e. The largest absolute Gasteiger partial charge is 0.409 e. The van der Waals surface area contributed by atoms with E-state index in [0.717, 1.165) is 12.1 Å². The molecule has 0 fully saturated rings. The van der Waals surface area contributed by atoms with E-state index in [4.69, 9.17) is 10.9 Å². The standard InChI is InChI=1S/C15H24N4O2/c1-18(2)9-10-19(3)15(20)13(14(16)17-21)11-12-7-5-4-6-8-12/h4-8,13,21H,9-11H2,1-3H3,(H2,16,17). The summed E-state index contributed by atoms with van der Waals surface area (Å²) in [5.41, 5.74) is 6.68. The summed E-state index contributed by atoms with van der Waals surface area (Å²) in [5, 5.41) is 11.9. The number of likely N-dealkylation sites (N-methyl/N-ethyl adjacent to an activating group) is 2. The second-order valence-electron chi connectivity index (χ2n) is 5.33. The summed E-state index contributed by atoms with van der Waals surface area (Å²) in [6.07, 6.45) is 0.419. The molecule has 0 saturated carbocycles. The van der Waals surface area contributed by atoms with Crippen LogP contribution in [0.4, 0.5) is 0 Å². The van der Waals surface area contributed by atoms with Crippen molar-refractivity contribution in [2.75, 3.05) is 34.2 Å². The second-order valence-corrected chi connectivity index (χ2v) is 5.33. The number of oxime groups is 1. The van der Waals surface area contributed by atoms with Crippen LogP contribution in [0.3, 0.4) is 0 Å². The van der Waals surface area contributed by atoms with Crippen LogP contribution in [0.25, 0.3) is 0 Å². The maximum Gasteiger partial charge on any atom is 0.233 e. The van der Waals surface area contributed by atoms with E-state index in [9.17, 15) is 4.79 Å². The van der Waals surface area contributed by atoms with Crippen LogP contribution in [0.5, 0.6) is 0 Å². The molecule has 6 nitrogen and oxygen atoms in total. The van der Waals surface area contributed by atoms with E-state index >= 15 is 0 Å². The molecular formula is C15H24N4O2. The first-order chi connectivity index (χ1) is 9.95. The Hall–Kier alpha value is -2.08. The van der Waals surface area contributed by atoms with Gasteiger partial charge in [-0.2, -0.15) is 0 Å². The highest BCUT2D eigenvalue weighted by Crippen LogP contribution is 2.12. The van der Waals surface area contributed by atoms with Gasteiger partial charge in [-0.15, -0.1) is 0 Å². The van der Waals surface area contributed by atoms with Crippen molar-refractivity contribution in [1.82, 2.24) is 9.80 Å². The fourth-order valence-corrected chi connectivity index (χ4v) is 1.96. The molecule has 0 saturated heterocycles. The summed E-state index contributed by atoms with van der Waals surface area (Å²) >= 11 is 0. The highest BCUT2D eigenvalue weighted by molar-refractivity contribution is 6.02. The number of carbonyl (C=O) groups is 1. The third-order valence-electron chi connectivity index (χ3n) is 3.31. The summed E-state index contributed by atoms with van der Waals surface area (Å²) in [7, 11) is 5.63. The van der Waals surface area contributed by atoms with Crippen molar-refractivity contribution in [3.05, 3.63) is 35.9 Å². The van der Waals surface area contributed by atoms with E-state index in [1.54, 1.807) is 11.9 Å². The van der Waals surface area contributed by atoms with E-state index in [1.807, 2.05) is 49.3 Å². The van der Waals surface area contributed by atoms with E-state index in [2.05, 4.69) is 5.16 Å². The predicted octanol–water partition coefficient (Wildman–Crippen LogP) is 0.612. The van der Waals surface area contributed by atoms with E-state index in [1.165, 1.54) is 0 Å². The molecule has 1 aromatic rings. The zero-order chi connectivity index (χ0) is 15.8. The number of benzene rings is 1. The lowest BCUT2D eigenvalue weighted by Gasteiger charge is -2.24. The average Bonchev–Trinajstić information content (AvgIpc) is 2.49. The molecule has 1 rings (SSSR count). The maximum atomic E-state index is 12.5. The SMILES string of the molecule is CN(C)CCN(C)C(=O)C(Cc1ccccc1)C(N)=NO. The topological polar surface area (TPSA) is 82.2 Å². The molecule has 1 aromatic carbocycles. The predicted molar refractivity (Wildman–Crippen MR) is 83.2 cm³/mol. The third kappa shape index (κ3) is 5.43. The fourth-order valence-electron chi connectivity index (χ4n) is 1.96.